The summed E-state index contributed by atoms with van der Waals surface area (Å²) in [5.41, 5.74) is -0.781. The topological polar surface area (TPSA) is 55.1 Å². The van der Waals surface area contributed by atoms with Gasteiger partial charge in [0.1, 0.15) is 6.33 Å². The molecular formula is C13H11F3N2O2. The van der Waals surface area contributed by atoms with Crippen LogP contribution in [0.3, 0.4) is 0 Å². The van der Waals surface area contributed by atoms with Crippen LogP contribution in [0.15, 0.2) is 24.5 Å². The van der Waals surface area contributed by atoms with Gasteiger partial charge in [0.05, 0.1) is 5.69 Å². The third-order valence-electron chi connectivity index (χ3n) is 2.92. The highest BCUT2D eigenvalue weighted by atomic mass is 19.4. The van der Waals surface area contributed by atoms with Crippen molar-refractivity contribution in [1.29, 1.82) is 0 Å². The zero-order valence-electron chi connectivity index (χ0n) is 10.7. The Morgan fingerprint density at radius 2 is 1.80 bits per heavy atom. The van der Waals surface area contributed by atoms with Gasteiger partial charge in [-0.2, -0.15) is 13.2 Å². The van der Waals surface area contributed by atoms with E-state index in [9.17, 15) is 18.0 Å². The van der Waals surface area contributed by atoms with Gasteiger partial charge in [-0.05, 0) is 25.0 Å². The van der Waals surface area contributed by atoms with E-state index in [1.165, 1.54) is 0 Å². The Morgan fingerprint density at radius 3 is 2.25 bits per heavy atom. The average molecular weight is 284 g/mol. The highest BCUT2D eigenvalue weighted by molar-refractivity contribution is 5.87. The van der Waals surface area contributed by atoms with Crippen LogP contribution in [0.1, 0.15) is 27.3 Å². The SMILES string of the molecule is Cc1cccc(C)c1-n1cnc(C(=O)O)c1C(F)(F)F. The zero-order valence-corrected chi connectivity index (χ0v) is 10.7. The van der Waals surface area contributed by atoms with Gasteiger partial charge < -0.3 is 5.11 Å². The van der Waals surface area contributed by atoms with Crippen molar-refractivity contribution in [2.24, 2.45) is 0 Å². The number of nitrogens with zero attached hydrogens (tertiary/aromatic N) is 2. The van der Waals surface area contributed by atoms with Crippen LogP contribution >= 0.6 is 0 Å². The van der Waals surface area contributed by atoms with Crippen LogP contribution in [0.25, 0.3) is 5.69 Å². The standard InChI is InChI=1S/C13H11F3N2O2/c1-7-4-3-5-8(2)10(7)18-6-17-9(12(19)20)11(18)13(14,15)16/h3-6H,1-2H3,(H,19,20). The Labute approximate surface area is 112 Å². The van der Waals surface area contributed by atoms with E-state index in [1.807, 2.05) is 0 Å². The van der Waals surface area contributed by atoms with E-state index in [2.05, 4.69) is 4.98 Å². The molecule has 0 saturated heterocycles. The van der Waals surface area contributed by atoms with Crippen LogP contribution in [0.2, 0.25) is 0 Å². The maximum Gasteiger partial charge on any atom is 0.434 e. The molecule has 7 heteroatoms. The van der Waals surface area contributed by atoms with Gasteiger partial charge in [0, 0.05) is 0 Å². The molecular weight excluding hydrogens is 273 g/mol. The number of aromatic carboxylic acids is 1. The van der Waals surface area contributed by atoms with Crippen LogP contribution in [-0.2, 0) is 6.18 Å². The Hall–Kier alpha value is -2.31. The summed E-state index contributed by atoms with van der Waals surface area (Å²) in [6.45, 7) is 3.31. The predicted molar refractivity (Wildman–Crippen MR) is 65.0 cm³/mol. The zero-order chi connectivity index (χ0) is 15.1. The largest absolute Gasteiger partial charge is 0.476 e. The predicted octanol–water partition coefficient (Wildman–Crippen LogP) is 3.21. The second-order valence-corrected chi connectivity index (χ2v) is 4.36. The van der Waals surface area contributed by atoms with Crippen molar-refractivity contribution in [3.8, 4) is 5.69 Å². The molecule has 1 aromatic carbocycles. The molecule has 0 radical (unpaired) electrons. The first-order chi connectivity index (χ1) is 9.23. The lowest BCUT2D eigenvalue weighted by Crippen LogP contribution is -2.17. The first-order valence-electron chi connectivity index (χ1n) is 5.68. The molecule has 0 spiro atoms. The normalized spacial score (nSPS) is 11.7. The summed E-state index contributed by atoms with van der Waals surface area (Å²) < 4.78 is 40.2. The second kappa shape index (κ2) is 4.66. The molecule has 2 rings (SSSR count). The van der Waals surface area contributed by atoms with Gasteiger partial charge in [0.15, 0.2) is 11.4 Å². The van der Waals surface area contributed by atoms with Gasteiger partial charge in [0.25, 0.3) is 0 Å². The number of aryl methyl sites for hydroxylation is 2. The number of alkyl halides is 3. The molecule has 0 atom stereocenters. The number of benzene rings is 1. The molecule has 0 amide bonds. The van der Waals surface area contributed by atoms with Crippen LogP contribution in [0, 0.1) is 13.8 Å². The summed E-state index contributed by atoms with van der Waals surface area (Å²) in [4.78, 5) is 14.3. The molecule has 4 nitrogen and oxygen atoms in total. The molecule has 0 saturated carbocycles. The Balaban J connectivity index is 2.80. The molecule has 0 aliphatic heterocycles. The number of hydrogen-bond acceptors (Lipinski definition) is 2. The Bertz CT molecular complexity index is 654. The van der Waals surface area contributed by atoms with Crippen molar-refractivity contribution in [3.05, 3.63) is 47.0 Å². The summed E-state index contributed by atoms with van der Waals surface area (Å²) in [5, 5.41) is 8.85. The molecule has 1 heterocycles. The van der Waals surface area contributed by atoms with Crippen LogP contribution in [0.5, 0.6) is 0 Å². The fourth-order valence-electron chi connectivity index (χ4n) is 2.13. The molecule has 0 aliphatic carbocycles. The highest BCUT2D eigenvalue weighted by Gasteiger charge is 2.41. The molecule has 2 aromatic rings. The number of carboxylic acid groups (broad SMARTS) is 1. The fourth-order valence-corrected chi connectivity index (χ4v) is 2.13. The first kappa shape index (κ1) is 14.1. The first-order valence-corrected chi connectivity index (χ1v) is 5.68. The summed E-state index contributed by atoms with van der Waals surface area (Å²) in [6.07, 6.45) is -3.92. The number of imidazole rings is 1. The molecule has 20 heavy (non-hydrogen) atoms. The molecule has 0 bridgehead atoms. The third kappa shape index (κ3) is 2.26. The molecule has 0 fully saturated rings. The Morgan fingerprint density at radius 1 is 1.25 bits per heavy atom. The van der Waals surface area contributed by atoms with E-state index in [1.54, 1.807) is 32.0 Å². The number of carbonyl (C=O) groups is 1. The van der Waals surface area contributed by atoms with Crippen molar-refractivity contribution < 1.29 is 23.1 Å². The lowest BCUT2D eigenvalue weighted by molar-refractivity contribution is -0.142. The van der Waals surface area contributed by atoms with Gasteiger partial charge in [0.2, 0.25) is 0 Å². The number of rotatable bonds is 2. The van der Waals surface area contributed by atoms with Crippen molar-refractivity contribution in [3.63, 3.8) is 0 Å². The summed E-state index contributed by atoms with van der Waals surface area (Å²) in [6, 6.07) is 5.03. The van der Waals surface area contributed by atoms with Crippen molar-refractivity contribution in [2.75, 3.05) is 0 Å². The summed E-state index contributed by atoms with van der Waals surface area (Å²) in [7, 11) is 0. The molecule has 1 aromatic heterocycles. The van der Waals surface area contributed by atoms with E-state index in [0.717, 1.165) is 10.9 Å². The fraction of sp³-hybridized carbons (Fsp3) is 0.231. The van der Waals surface area contributed by atoms with E-state index in [-0.39, 0.29) is 0 Å². The minimum Gasteiger partial charge on any atom is -0.476 e. The molecule has 0 aliphatic rings. The van der Waals surface area contributed by atoms with Gasteiger partial charge >= 0.3 is 12.1 Å². The number of carboxylic acids is 1. The highest BCUT2D eigenvalue weighted by Crippen LogP contribution is 2.34. The third-order valence-corrected chi connectivity index (χ3v) is 2.92. The lowest BCUT2D eigenvalue weighted by atomic mass is 10.1. The summed E-state index contributed by atoms with van der Waals surface area (Å²) in [5.74, 6) is -1.71. The van der Waals surface area contributed by atoms with E-state index >= 15 is 0 Å². The molecule has 1 N–H and O–H groups in total. The van der Waals surface area contributed by atoms with Gasteiger partial charge in [-0.3, -0.25) is 4.57 Å². The maximum absolute atomic E-state index is 13.1. The quantitative estimate of drug-likeness (QED) is 0.921. The monoisotopic (exact) mass is 284 g/mol. The average Bonchev–Trinajstić information content (AvgIpc) is 2.73. The van der Waals surface area contributed by atoms with Gasteiger partial charge in [-0.25, -0.2) is 9.78 Å². The lowest BCUT2D eigenvalue weighted by Gasteiger charge is -2.16. The van der Waals surface area contributed by atoms with E-state index < -0.39 is 23.5 Å². The minimum absolute atomic E-state index is 0.292. The van der Waals surface area contributed by atoms with Crippen LogP contribution in [-0.4, -0.2) is 20.6 Å². The number of aromatic nitrogens is 2. The smallest absolute Gasteiger partial charge is 0.434 e. The van der Waals surface area contributed by atoms with Crippen LogP contribution < -0.4 is 0 Å². The second-order valence-electron chi connectivity index (χ2n) is 4.36. The van der Waals surface area contributed by atoms with Crippen LogP contribution in [0.4, 0.5) is 13.2 Å². The Kier molecular flexibility index (Phi) is 3.29. The number of hydrogen-bond donors (Lipinski definition) is 1. The van der Waals surface area contributed by atoms with Crippen molar-refractivity contribution >= 4 is 5.97 Å². The van der Waals surface area contributed by atoms with Gasteiger partial charge in [-0.15, -0.1) is 0 Å². The van der Waals surface area contributed by atoms with E-state index in [4.69, 9.17) is 5.11 Å². The summed E-state index contributed by atoms with van der Waals surface area (Å²) >= 11 is 0. The van der Waals surface area contributed by atoms with Gasteiger partial charge in [-0.1, -0.05) is 18.2 Å². The van der Waals surface area contributed by atoms with Crippen molar-refractivity contribution in [1.82, 2.24) is 9.55 Å². The van der Waals surface area contributed by atoms with Crippen molar-refractivity contribution in [2.45, 2.75) is 20.0 Å². The minimum atomic E-state index is -4.81. The number of para-hydroxylation sites is 1. The number of halogens is 3. The molecule has 0 unspecified atom stereocenters. The maximum atomic E-state index is 13.1. The van der Waals surface area contributed by atoms with E-state index in [0.29, 0.717) is 16.8 Å². The molecule has 106 valence electrons.